The van der Waals surface area contributed by atoms with E-state index in [1.54, 1.807) is 16.3 Å². The Hall–Kier alpha value is -2.03. The van der Waals surface area contributed by atoms with Crippen LogP contribution in [0.2, 0.25) is 0 Å². The molecule has 0 unspecified atom stereocenters. The standard InChI is InChI=1S/C21H30N4O4S/c1-3-11-24-16-15(17(28)25(12-4-2)19(24)29)22-18(23-16)20-5-8-21(9-6-20,10-7-20)30-13-14(26)27/h3-13H2,1-2H3,(H,22,23)(H,26,27). The van der Waals surface area contributed by atoms with Crippen molar-refractivity contribution in [1.29, 1.82) is 0 Å². The van der Waals surface area contributed by atoms with Crippen molar-refractivity contribution >= 4 is 28.9 Å². The van der Waals surface area contributed by atoms with E-state index in [4.69, 9.17) is 10.1 Å². The van der Waals surface area contributed by atoms with Crippen LogP contribution in [0.3, 0.4) is 0 Å². The monoisotopic (exact) mass is 434 g/mol. The Morgan fingerprint density at radius 2 is 1.67 bits per heavy atom. The molecule has 0 radical (unpaired) electrons. The molecular weight excluding hydrogens is 404 g/mol. The predicted octanol–water partition coefficient (Wildman–Crippen LogP) is 2.87. The van der Waals surface area contributed by atoms with Crippen LogP contribution in [0.25, 0.3) is 11.2 Å². The molecule has 5 rings (SSSR count). The lowest BCUT2D eigenvalue weighted by Crippen LogP contribution is -2.47. The summed E-state index contributed by atoms with van der Waals surface area (Å²) in [5.74, 6) is 0.216. The van der Waals surface area contributed by atoms with Crippen molar-refractivity contribution in [2.75, 3.05) is 5.75 Å². The van der Waals surface area contributed by atoms with Crippen LogP contribution in [0.4, 0.5) is 0 Å². The number of aliphatic carboxylic acids is 1. The van der Waals surface area contributed by atoms with E-state index in [2.05, 4.69) is 4.98 Å². The number of rotatable bonds is 8. The molecule has 3 aliphatic carbocycles. The smallest absolute Gasteiger partial charge is 0.332 e. The minimum atomic E-state index is -0.758. The first-order valence-corrected chi connectivity index (χ1v) is 11.9. The van der Waals surface area contributed by atoms with E-state index < -0.39 is 5.97 Å². The zero-order valence-electron chi connectivity index (χ0n) is 17.7. The number of hydrogen-bond acceptors (Lipinski definition) is 5. The minimum Gasteiger partial charge on any atom is -0.481 e. The molecule has 2 aromatic heterocycles. The summed E-state index contributed by atoms with van der Waals surface area (Å²) in [6, 6.07) is 0. The summed E-state index contributed by atoms with van der Waals surface area (Å²) in [4.78, 5) is 45.1. The second-order valence-electron chi connectivity index (χ2n) is 8.82. The van der Waals surface area contributed by atoms with Crippen LogP contribution in [0.5, 0.6) is 0 Å². The van der Waals surface area contributed by atoms with Gasteiger partial charge < -0.3 is 10.1 Å². The number of carboxylic acids is 1. The van der Waals surface area contributed by atoms with Crippen LogP contribution < -0.4 is 11.2 Å². The summed E-state index contributed by atoms with van der Waals surface area (Å²) in [5.41, 5.74) is 0.245. The van der Waals surface area contributed by atoms with E-state index in [9.17, 15) is 14.4 Å². The summed E-state index contributed by atoms with van der Waals surface area (Å²) in [5, 5.41) is 9.06. The lowest BCUT2D eigenvalue weighted by Gasteiger charge is -2.52. The number of carboxylic acid groups (broad SMARTS) is 1. The lowest BCUT2D eigenvalue weighted by molar-refractivity contribution is -0.133. The second kappa shape index (κ2) is 7.90. The fraction of sp³-hybridized carbons (Fsp3) is 0.714. The summed E-state index contributed by atoms with van der Waals surface area (Å²) in [6.45, 7) is 4.90. The SMILES string of the molecule is CCCn1c(=O)c2[nH]c(C34CCC(SCC(=O)O)(CC3)CC4)nc2n(CCC)c1=O. The summed E-state index contributed by atoms with van der Waals surface area (Å²) in [7, 11) is 0. The van der Waals surface area contributed by atoms with Crippen molar-refractivity contribution in [2.24, 2.45) is 0 Å². The number of nitrogens with one attached hydrogen (secondary N) is 1. The number of fused-ring (bicyclic) bond motifs is 4. The largest absolute Gasteiger partial charge is 0.481 e. The van der Waals surface area contributed by atoms with Gasteiger partial charge in [-0.2, -0.15) is 0 Å². The summed E-state index contributed by atoms with van der Waals surface area (Å²) < 4.78 is 3.03. The number of H-pyrrole nitrogens is 1. The maximum atomic E-state index is 13.0. The summed E-state index contributed by atoms with van der Waals surface area (Å²) in [6.07, 6.45) is 7.18. The Kier molecular flexibility index (Phi) is 5.59. The quantitative estimate of drug-likeness (QED) is 0.661. The van der Waals surface area contributed by atoms with Crippen LogP contribution in [-0.4, -0.2) is 40.7 Å². The first-order valence-electron chi connectivity index (χ1n) is 10.9. The number of thioether (sulfide) groups is 1. The highest BCUT2D eigenvalue weighted by Crippen LogP contribution is 2.58. The third kappa shape index (κ3) is 3.40. The van der Waals surface area contributed by atoms with Crippen LogP contribution >= 0.6 is 11.8 Å². The molecular formula is C21H30N4O4S. The molecule has 2 heterocycles. The van der Waals surface area contributed by atoms with E-state index in [1.807, 2.05) is 13.8 Å². The molecule has 0 aliphatic heterocycles. The molecule has 0 amide bonds. The van der Waals surface area contributed by atoms with E-state index in [-0.39, 0.29) is 27.2 Å². The first kappa shape index (κ1) is 21.2. The number of imidazole rings is 1. The molecule has 9 heteroatoms. The van der Waals surface area contributed by atoms with Crippen molar-refractivity contribution < 1.29 is 9.90 Å². The average Bonchev–Trinajstić information content (AvgIpc) is 3.20. The van der Waals surface area contributed by atoms with Gasteiger partial charge in [-0.25, -0.2) is 9.78 Å². The number of nitrogens with zero attached hydrogens (tertiary/aromatic N) is 3. The van der Waals surface area contributed by atoms with Crippen molar-refractivity contribution in [3.63, 3.8) is 0 Å². The van der Waals surface area contributed by atoms with Gasteiger partial charge in [-0.15, -0.1) is 11.8 Å². The molecule has 2 N–H and O–H groups in total. The van der Waals surface area contributed by atoms with Crippen LogP contribution in [-0.2, 0) is 23.3 Å². The fourth-order valence-electron chi connectivity index (χ4n) is 5.20. The van der Waals surface area contributed by atoms with Gasteiger partial charge in [0.1, 0.15) is 11.3 Å². The molecule has 3 fully saturated rings. The topological polar surface area (TPSA) is 110 Å². The molecule has 164 valence electrons. The molecule has 2 aromatic rings. The molecule has 0 saturated heterocycles. The Labute approximate surface area is 179 Å². The molecule has 0 aromatic carbocycles. The Morgan fingerprint density at radius 1 is 1.07 bits per heavy atom. The highest BCUT2D eigenvalue weighted by Gasteiger charge is 2.51. The average molecular weight is 435 g/mol. The fourth-order valence-corrected chi connectivity index (χ4v) is 6.37. The molecule has 3 aliphatic rings. The third-order valence-electron chi connectivity index (χ3n) is 6.94. The van der Waals surface area contributed by atoms with Gasteiger partial charge in [0.25, 0.3) is 5.56 Å². The maximum absolute atomic E-state index is 13.0. The van der Waals surface area contributed by atoms with Gasteiger partial charge in [-0.05, 0) is 51.4 Å². The zero-order valence-corrected chi connectivity index (χ0v) is 18.5. The van der Waals surface area contributed by atoms with Gasteiger partial charge in [0, 0.05) is 23.3 Å². The highest BCUT2D eigenvalue weighted by atomic mass is 32.2. The van der Waals surface area contributed by atoms with Gasteiger partial charge in [0.05, 0.1) is 5.75 Å². The second-order valence-corrected chi connectivity index (χ2v) is 10.3. The van der Waals surface area contributed by atoms with Crippen LogP contribution in [0.1, 0.15) is 71.0 Å². The van der Waals surface area contributed by atoms with Crippen molar-refractivity contribution in [3.8, 4) is 0 Å². The molecule has 30 heavy (non-hydrogen) atoms. The minimum absolute atomic E-state index is 0.0598. The van der Waals surface area contributed by atoms with E-state index in [1.165, 1.54) is 4.57 Å². The first-order chi connectivity index (χ1) is 14.3. The number of aromatic nitrogens is 4. The normalized spacial score (nSPS) is 25.8. The number of aromatic amines is 1. The predicted molar refractivity (Wildman–Crippen MR) is 117 cm³/mol. The number of carbonyl (C=O) groups is 1. The van der Waals surface area contributed by atoms with E-state index in [0.29, 0.717) is 30.7 Å². The van der Waals surface area contributed by atoms with Gasteiger partial charge in [-0.3, -0.25) is 18.7 Å². The van der Waals surface area contributed by atoms with Crippen molar-refractivity contribution in [2.45, 2.75) is 88.5 Å². The Bertz CT molecular complexity index is 1060. The Morgan fingerprint density at radius 3 is 2.23 bits per heavy atom. The van der Waals surface area contributed by atoms with Gasteiger partial charge in [0.15, 0.2) is 5.65 Å². The molecule has 8 nitrogen and oxygen atoms in total. The zero-order chi connectivity index (χ0) is 21.5. The molecule has 3 saturated carbocycles. The van der Waals surface area contributed by atoms with Gasteiger partial charge >= 0.3 is 11.7 Å². The number of hydrogen-bond donors (Lipinski definition) is 2. The van der Waals surface area contributed by atoms with Gasteiger partial charge in [-0.1, -0.05) is 13.8 Å². The molecule has 2 bridgehead atoms. The highest BCUT2D eigenvalue weighted by molar-refractivity contribution is 8.01. The van der Waals surface area contributed by atoms with Crippen LogP contribution in [0.15, 0.2) is 9.59 Å². The van der Waals surface area contributed by atoms with Crippen molar-refractivity contribution in [3.05, 3.63) is 26.7 Å². The molecule has 0 spiro atoms. The molecule has 0 atom stereocenters. The van der Waals surface area contributed by atoms with Crippen molar-refractivity contribution in [1.82, 2.24) is 19.1 Å². The van der Waals surface area contributed by atoms with Crippen LogP contribution in [0, 0.1) is 0 Å². The van der Waals surface area contributed by atoms with E-state index in [0.717, 1.165) is 50.8 Å². The lowest BCUT2D eigenvalue weighted by atomic mass is 9.60. The van der Waals surface area contributed by atoms with Gasteiger partial charge in [0.2, 0.25) is 0 Å². The number of aryl methyl sites for hydroxylation is 1. The third-order valence-corrected chi connectivity index (χ3v) is 8.55. The Balaban J connectivity index is 1.72. The van der Waals surface area contributed by atoms with E-state index >= 15 is 0 Å². The maximum Gasteiger partial charge on any atom is 0.332 e. The summed E-state index contributed by atoms with van der Waals surface area (Å²) >= 11 is 1.58.